The fourth-order valence-electron chi connectivity index (χ4n) is 3.66. The standard InChI is InChI=1S/C22H22N2O5/c1-13-4-5-14(2)16(10-13)17(25)12-24-20(26)22(3,23-21(24)27)15-6-7-18-19(11-15)29-9-8-28-18/h4-7,10-11H,8-9,12H2,1-3H3,(H,23,27)/t22-/m0/s1. The maximum atomic E-state index is 13.1. The first kappa shape index (κ1) is 19.0. The average Bonchev–Trinajstić information content (AvgIpc) is 2.93. The molecule has 1 saturated heterocycles. The molecule has 0 radical (unpaired) electrons. The van der Waals surface area contributed by atoms with Crippen molar-refractivity contribution in [3.63, 3.8) is 0 Å². The Morgan fingerprint density at radius 2 is 1.79 bits per heavy atom. The summed E-state index contributed by atoms with van der Waals surface area (Å²) in [6.07, 6.45) is 0. The van der Waals surface area contributed by atoms with Gasteiger partial charge in [-0.25, -0.2) is 4.79 Å². The topological polar surface area (TPSA) is 84.9 Å². The van der Waals surface area contributed by atoms with Crippen LogP contribution in [0.15, 0.2) is 36.4 Å². The van der Waals surface area contributed by atoms with Gasteiger partial charge in [-0.2, -0.15) is 0 Å². The van der Waals surface area contributed by atoms with Crippen LogP contribution in [-0.4, -0.2) is 42.4 Å². The van der Waals surface area contributed by atoms with E-state index in [1.54, 1.807) is 31.2 Å². The molecule has 0 aliphatic carbocycles. The van der Waals surface area contributed by atoms with E-state index in [2.05, 4.69) is 5.32 Å². The number of fused-ring (bicyclic) bond motifs is 1. The molecule has 7 heteroatoms. The molecule has 1 atom stereocenters. The van der Waals surface area contributed by atoms with E-state index < -0.39 is 17.5 Å². The normalized spacial score (nSPS) is 20.6. The summed E-state index contributed by atoms with van der Waals surface area (Å²) in [6.45, 7) is 5.92. The number of Topliss-reactive ketones (excluding diaryl/α,β-unsaturated/α-hetero) is 1. The summed E-state index contributed by atoms with van der Waals surface area (Å²) in [5.74, 6) is 0.378. The molecule has 0 aromatic heterocycles. The second-order valence-electron chi connectivity index (χ2n) is 7.55. The number of amides is 3. The Morgan fingerprint density at radius 3 is 2.55 bits per heavy atom. The molecule has 0 saturated carbocycles. The third kappa shape index (κ3) is 3.22. The molecule has 150 valence electrons. The lowest BCUT2D eigenvalue weighted by Gasteiger charge is -2.25. The molecule has 7 nitrogen and oxygen atoms in total. The third-order valence-electron chi connectivity index (χ3n) is 5.39. The van der Waals surface area contributed by atoms with Crippen molar-refractivity contribution < 1.29 is 23.9 Å². The number of nitrogens with zero attached hydrogens (tertiary/aromatic N) is 1. The Kier molecular flexibility index (Phi) is 4.53. The molecular weight excluding hydrogens is 372 g/mol. The number of urea groups is 1. The van der Waals surface area contributed by atoms with Crippen LogP contribution in [0.25, 0.3) is 0 Å². The molecule has 2 aliphatic heterocycles. The van der Waals surface area contributed by atoms with E-state index in [0.717, 1.165) is 16.0 Å². The van der Waals surface area contributed by atoms with Crippen LogP contribution in [-0.2, 0) is 10.3 Å². The van der Waals surface area contributed by atoms with Crippen LogP contribution in [0.4, 0.5) is 4.79 Å². The zero-order chi connectivity index (χ0) is 20.8. The van der Waals surface area contributed by atoms with Crippen molar-refractivity contribution in [2.45, 2.75) is 26.3 Å². The van der Waals surface area contributed by atoms with Crippen LogP contribution >= 0.6 is 0 Å². The zero-order valence-corrected chi connectivity index (χ0v) is 16.6. The molecule has 0 unspecified atom stereocenters. The van der Waals surface area contributed by atoms with Crippen molar-refractivity contribution in [3.05, 3.63) is 58.7 Å². The maximum absolute atomic E-state index is 13.1. The van der Waals surface area contributed by atoms with Crippen molar-refractivity contribution in [3.8, 4) is 11.5 Å². The molecule has 2 heterocycles. The van der Waals surface area contributed by atoms with Gasteiger partial charge in [0, 0.05) is 5.56 Å². The quantitative estimate of drug-likeness (QED) is 0.637. The molecule has 1 N–H and O–H groups in total. The van der Waals surface area contributed by atoms with Gasteiger partial charge in [-0.1, -0.05) is 23.8 Å². The Labute approximate surface area is 168 Å². The number of imide groups is 1. The minimum atomic E-state index is -1.28. The molecule has 29 heavy (non-hydrogen) atoms. The number of ether oxygens (including phenoxy) is 2. The second-order valence-corrected chi connectivity index (χ2v) is 7.55. The predicted molar refractivity (Wildman–Crippen MR) is 105 cm³/mol. The van der Waals surface area contributed by atoms with E-state index in [1.807, 2.05) is 26.0 Å². The summed E-state index contributed by atoms with van der Waals surface area (Å²) in [7, 11) is 0. The van der Waals surface area contributed by atoms with Gasteiger partial charge in [0.05, 0.1) is 6.54 Å². The van der Waals surface area contributed by atoms with Gasteiger partial charge < -0.3 is 14.8 Å². The van der Waals surface area contributed by atoms with Crippen LogP contribution in [0.1, 0.15) is 34.0 Å². The molecule has 2 aliphatic rings. The molecule has 1 fully saturated rings. The van der Waals surface area contributed by atoms with E-state index >= 15 is 0 Å². The first-order valence-electron chi connectivity index (χ1n) is 9.44. The molecule has 4 rings (SSSR count). The number of aryl methyl sites for hydroxylation is 2. The van der Waals surface area contributed by atoms with Crippen LogP contribution < -0.4 is 14.8 Å². The third-order valence-corrected chi connectivity index (χ3v) is 5.39. The minimum absolute atomic E-state index is 0.277. The summed E-state index contributed by atoms with van der Waals surface area (Å²) < 4.78 is 11.1. The largest absolute Gasteiger partial charge is 0.486 e. The lowest BCUT2D eigenvalue weighted by molar-refractivity contribution is -0.130. The molecular formula is C22H22N2O5. The monoisotopic (exact) mass is 394 g/mol. The van der Waals surface area contributed by atoms with Crippen molar-refractivity contribution in [1.29, 1.82) is 0 Å². The Morgan fingerprint density at radius 1 is 1.07 bits per heavy atom. The van der Waals surface area contributed by atoms with Gasteiger partial charge in [-0.05, 0) is 50.1 Å². The van der Waals surface area contributed by atoms with Crippen molar-refractivity contribution in [2.24, 2.45) is 0 Å². The lowest BCUT2D eigenvalue weighted by atomic mass is 9.91. The molecule has 3 amide bonds. The van der Waals surface area contributed by atoms with E-state index in [9.17, 15) is 14.4 Å². The highest BCUT2D eigenvalue weighted by molar-refractivity contribution is 6.11. The van der Waals surface area contributed by atoms with Crippen molar-refractivity contribution in [2.75, 3.05) is 19.8 Å². The highest BCUT2D eigenvalue weighted by Gasteiger charge is 2.49. The van der Waals surface area contributed by atoms with Gasteiger partial charge in [0.2, 0.25) is 0 Å². The fraction of sp³-hybridized carbons (Fsp3) is 0.318. The number of hydrogen-bond donors (Lipinski definition) is 1. The van der Waals surface area contributed by atoms with Crippen molar-refractivity contribution in [1.82, 2.24) is 10.2 Å². The zero-order valence-electron chi connectivity index (χ0n) is 16.6. The smallest absolute Gasteiger partial charge is 0.325 e. The number of nitrogens with one attached hydrogen (secondary N) is 1. The Hall–Kier alpha value is -3.35. The summed E-state index contributed by atoms with van der Waals surface area (Å²) in [4.78, 5) is 39.5. The highest BCUT2D eigenvalue weighted by Crippen LogP contribution is 2.36. The average molecular weight is 394 g/mol. The van der Waals surface area contributed by atoms with Gasteiger partial charge in [0.1, 0.15) is 18.8 Å². The van der Waals surface area contributed by atoms with Crippen molar-refractivity contribution >= 4 is 17.7 Å². The summed E-state index contributed by atoms with van der Waals surface area (Å²) >= 11 is 0. The number of carbonyl (C=O) groups is 3. The first-order chi connectivity index (χ1) is 13.8. The summed E-state index contributed by atoms with van der Waals surface area (Å²) in [6, 6.07) is 10.1. The fourth-order valence-corrected chi connectivity index (χ4v) is 3.66. The van der Waals surface area contributed by atoms with Gasteiger partial charge in [0.15, 0.2) is 17.3 Å². The Bertz CT molecular complexity index is 1030. The van der Waals surface area contributed by atoms with Crippen LogP contribution in [0.3, 0.4) is 0 Å². The number of benzene rings is 2. The molecule has 2 aromatic rings. The SMILES string of the molecule is Cc1ccc(C)c(C(=O)CN2C(=O)N[C@@](C)(c3ccc4c(c3)OCCO4)C2=O)c1. The Balaban J connectivity index is 1.60. The highest BCUT2D eigenvalue weighted by atomic mass is 16.6. The van der Waals surface area contributed by atoms with Crippen LogP contribution in [0.2, 0.25) is 0 Å². The first-order valence-corrected chi connectivity index (χ1v) is 9.44. The van der Waals surface area contributed by atoms with E-state index in [0.29, 0.717) is 35.8 Å². The van der Waals surface area contributed by atoms with Crippen LogP contribution in [0, 0.1) is 13.8 Å². The van der Waals surface area contributed by atoms with Gasteiger partial charge in [-0.3, -0.25) is 14.5 Å². The number of carbonyl (C=O) groups excluding carboxylic acids is 3. The second kappa shape index (κ2) is 6.92. The van der Waals surface area contributed by atoms with E-state index in [4.69, 9.17) is 9.47 Å². The predicted octanol–water partition coefficient (Wildman–Crippen LogP) is 2.72. The number of ketones is 1. The molecule has 2 aromatic carbocycles. The van der Waals surface area contributed by atoms with Gasteiger partial charge in [-0.15, -0.1) is 0 Å². The summed E-state index contributed by atoms with van der Waals surface area (Å²) in [5, 5.41) is 2.72. The van der Waals surface area contributed by atoms with E-state index in [-0.39, 0.29) is 12.3 Å². The molecule has 0 bridgehead atoms. The lowest BCUT2D eigenvalue weighted by Crippen LogP contribution is -2.41. The molecule has 0 spiro atoms. The van der Waals surface area contributed by atoms with E-state index in [1.165, 1.54) is 0 Å². The minimum Gasteiger partial charge on any atom is -0.486 e. The summed E-state index contributed by atoms with van der Waals surface area (Å²) in [5.41, 5.74) is 1.55. The number of rotatable bonds is 4. The van der Waals surface area contributed by atoms with Gasteiger partial charge >= 0.3 is 6.03 Å². The maximum Gasteiger partial charge on any atom is 0.325 e. The van der Waals surface area contributed by atoms with Crippen LogP contribution in [0.5, 0.6) is 11.5 Å². The van der Waals surface area contributed by atoms with Gasteiger partial charge in [0.25, 0.3) is 5.91 Å². The number of hydrogen-bond acceptors (Lipinski definition) is 5.